The lowest BCUT2D eigenvalue weighted by Crippen LogP contribution is -2.48. The Morgan fingerprint density at radius 2 is 1.85 bits per heavy atom. The number of fused-ring (bicyclic) bond motifs is 1. The van der Waals surface area contributed by atoms with Crippen LogP contribution in [-0.2, 0) is 0 Å². The molecule has 6 heteroatoms. The number of carbonyl (C=O) groups is 1. The van der Waals surface area contributed by atoms with E-state index in [0.717, 1.165) is 15.6 Å². The number of hydrogen-bond donors (Lipinski definition) is 0. The highest BCUT2D eigenvalue weighted by atomic mass is 35.5. The summed E-state index contributed by atoms with van der Waals surface area (Å²) in [5.74, 6) is -0.266. The van der Waals surface area contributed by atoms with Crippen molar-refractivity contribution < 1.29 is 9.18 Å². The van der Waals surface area contributed by atoms with Crippen molar-refractivity contribution in [3.8, 4) is 0 Å². The maximum atomic E-state index is 14.0. The van der Waals surface area contributed by atoms with E-state index in [9.17, 15) is 9.18 Å². The summed E-state index contributed by atoms with van der Waals surface area (Å²) in [7, 11) is 0. The normalized spacial score (nSPS) is 14.9. The molecule has 0 atom stereocenters. The highest BCUT2D eigenvalue weighted by molar-refractivity contribution is 7.21. The lowest BCUT2D eigenvalue weighted by atomic mass is 10.2. The van der Waals surface area contributed by atoms with Gasteiger partial charge in [0.25, 0.3) is 5.91 Å². The van der Waals surface area contributed by atoms with Gasteiger partial charge in [-0.1, -0.05) is 35.9 Å². The molecular formula is C20H18ClFN2OS. The summed E-state index contributed by atoms with van der Waals surface area (Å²) in [6.07, 6.45) is 0. The smallest absolute Gasteiger partial charge is 0.265 e. The van der Waals surface area contributed by atoms with Crippen LogP contribution in [0, 0.1) is 12.7 Å². The minimum Gasteiger partial charge on any atom is -0.366 e. The van der Waals surface area contributed by atoms with Crippen LogP contribution >= 0.6 is 22.9 Å². The summed E-state index contributed by atoms with van der Waals surface area (Å²) in [6, 6.07) is 12.8. The fraction of sp³-hybridized carbons (Fsp3) is 0.250. The van der Waals surface area contributed by atoms with Gasteiger partial charge in [-0.3, -0.25) is 4.79 Å². The molecule has 0 spiro atoms. The van der Waals surface area contributed by atoms with E-state index in [2.05, 4.69) is 6.07 Å². The third-order valence-corrected chi connectivity index (χ3v) is 6.38. The lowest BCUT2D eigenvalue weighted by Gasteiger charge is -2.36. The minimum absolute atomic E-state index is 0.0398. The molecule has 2 heterocycles. The first kappa shape index (κ1) is 17.3. The van der Waals surface area contributed by atoms with Gasteiger partial charge in [-0.25, -0.2) is 4.39 Å². The van der Waals surface area contributed by atoms with Crippen LogP contribution in [0.25, 0.3) is 10.1 Å². The van der Waals surface area contributed by atoms with E-state index in [-0.39, 0.29) is 11.7 Å². The van der Waals surface area contributed by atoms with Crippen molar-refractivity contribution >= 4 is 44.6 Å². The summed E-state index contributed by atoms with van der Waals surface area (Å²) >= 11 is 7.91. The number of para-hydroxylation sites is 1. The van der Waals surface area contributed by atoms with E-state index in [1.165, 1.54) is 17.4 Å². The number of piperazine rings is 1. The minimum atomic E-state index is -0.227. The van der Waals surface area contributed by atoms with E-state index < -0.39 is 0 Å². The van der Waals surface area contributed by atoms with Crippen LogP contribution in [0.4, 0.5) is 10.1 Å². The first-order valence-electron chi connectivity index (χ1n) is 8.52. The van der Waals surface area contributed by atoms with Crippen LogP contribution in [0.2, 0.25) is 5.02 Å². The molecule has 1 aliphatic rings. The Labute approximate surface area is 160 Å². The number of benzene rings is 2. The Morgan fingerprint density at radius 1 is 1.12 bits per heavy atom. The Hall–Kier alpha value is -2.11. The zero-order valence-corrected chi connectivity index (χ0v) is 15.9. The topological polar surface area (TPSA) is 23.6 Å². The van der Waals surface area contributed by atoms with Gasteiger partial charge in [0.1, 0.15) is 10.7 Å². The summed E-state index contributed by atoms with van der Waals surface area (Å²) in [5.41, 5.74) is 1.74. The Bertz CT molecular complexity index is 979. The quantitative estimate of drug-likeness (QED) is 0.619. The van der Waals surface area contributed by atoms with Crippen LogP contribution in [-0.4, -0.2) is 37.0 Å². The Balaban J connectivity index is 1.52. The predicted molar refractivity (Wildman–Crippen MR) is 106 cm³/mol. The summed E-state index contributed by atoms with van der Waals surface area (Å²) in [6.45, 7) is 4.34. The van der Waals surface area contributed by atoms with Gasteiger partial charge >= 0.3 is 0 Å². The molecule has 0 bridgehead atoms. The molecule has 2 aromatic carbocycles. The van der Waals surface area contributed by atoms with Crippen molar-refractivity contribution in [2.45, 2.75) is 6.92 Å². The number of carbonyl (C=O) groups excluding carboxylic acids is 1. The number of amides is 1. The number of nitrogens with zero attached hydrogens (tertiary/aromatic N) is 2. The first-order valence-corrected chi connectivity index (χ1v) is 9.71. The van der Waals surface area contributed by atoms with Gasteiger partial charge in [-0.15, -0.1) is 11.3 Å². The highest BCUT2D eigenvalue weighted by Crippen LogP contribution is 2.36. The molecule has 0 N–H and O–H groups in total. The van der Waals surface area contributed by atoms with Crippen molar-refractivity contribution in [1.29, 1.82) is 0 Å². The van der Waals surface area contributed by atoms with Crippen molar-refractivity contribution in [3.63, 3.8) is 0 Å². The largest absolute Gasteiger partial charge is 0.366 e. The average Bonchev–Trinajstić information content (AvgIpc) is 2.97. The van der Waals surface area contributed by atoms with Crippen LogP contribution < -0.4 is 4.90 Å². The Kier molecular flexibility index (Phi) is 4.59. The third-order valence-electron chi connectivity index (χ3n) is 4.74. The zero-order valence-electron chi connectivity index (χ0n) is 14.3. The van der Waals surface area contributed by atoms with Crippen molar-refractivity contribution in [2.75, 3.05) is 31.1 Å². The summed E-state index contributed by atoms with van der Waals surface area (Å²) in [5, 5.41) is 1.46. The number of anilines is 1. The molecule has 1 amide bonds. The first-order chi connectivity index (χ1) is 12.5. The monoisotopic (exact) mass is 388 g/mol. The van der Waals surface area contributed by atoms with Crippen LogP contribution in [0.3, 0.4) is 0 Å². The molecule has 3 nitrogen and oxygen atoms in total. The standard InChI is InChI=1S/C20H18ClFN2OS/c1-13-6-7-14-17(12-13)26-19(18(14)21)20(25)24-10-8-23(9-11-24)16-5-3-2-4-15(16)22/h2-7,12H,8-11H2,1H3. The lowest BCUT2D eigenvalue weighted by molar-refractivity contribution is 0.0752. The molecule has 0 saturated carbocycles. The number of hydrogen-bond acceptors (Lipinski definition) is 3. The van der Waals surface area contributed by atoms with Crippen molar-refractivity contribution in [3.05, 3.63) is 63.7 Å². The number of rotatable bonds is 2. The number of halogens is 2. The van der Waals surface area contributed by atoms with Gasteiger partial charge in [0.2, 0.25) is 0 Å². The fourth-order valence-corrected chi connectivity index (χ4v) is 4.89. The van der Waals surface area contributed by atoms with E-state index in [1.54, 1.807) is 17.0 Å². The van der Waals surface area contributed by atoms with Crippen molar-refractivity contribution in [1.82, 2.24) is 4.90 Å². The van der Waals surface area contributed by atoms with Gasteiger partial charge < -0.3 is 9.80 Å². The second kappa shape index (κ2) is 6.89. The fourth-order valence-electron chi connectivity index (χ4n) is 3.31. The molecule has 0 radical (unpaired) electrons. The van der Waals surface area contributed by atoms with E-state index in [1.807, 2.05) is 30.0 Å². The SMILES string of the molecule is Cc1ccc2c(Cl)c(C(=O)N3CCN(c4ccccc4F)CC3)sc2c1. The van der Waals surface area contributed by atoms with Crippen LogP contribution in [0.1, 0.15) is 15.2 Å². The van der Waals surface area contributed by atoms with Crippen LogP contribution in [0.5, 0.6) is 0 Å². The van der Waals surface area contributed by atoms with Crippen LogP contribution in [0.15, 0.2) is 42.5 Å². The van der Waals surface area contributed by atoms with Gasteiger partial charge in [-0.05, 0) is 30.7 Å². The molecule has 1 aromatic heterocycles. The molecule has 26 heavy (non-hydrogen) atoms. The third kappa shape index (κ3) is 3.06. The average molecular weight is 389 g/mol. The van der Waals surface area contributed by atoms with Crippen molar-refractivity contribution in [2.24, 2.45) is 0 Å². The molecule has 134 valence electrons. The summed E-state index contributed by atoms with van der Waals surface area (Å²) in [4.78, 5) is 17.3. The molecule has 1 saturated heterocycles. The van der Waals surface area contributed by atoms with E-state index >= 15 is 0 Å². The zero-order chi connectivity index (χ0) is 18.3. The molecular weight excluding hydrogens is 371 g/mol. The second-order valence-corrected chi connectivity index (χ2v) is 7.91. The molecule has 1 aliphatic heterocycles. The maximum absolute atomic E-state index is 14.0. The van der Waals surface area contributed by atoms with E-state index in [4.69, 9.17) is 11.6 Å². The van der Waals surface area contributed by atoms with E-state index in [0.29, 0.717) is 41.8 Å². The molecule has 0 unspecified atom stereocenters. The molecule has 0 aliphatic carbocycles. The maximum Gasteiger partial charge on any atom is 0.265 e. The summed E-state index contributed by atoms with van der Waals surface area (Å²) < 4.78 is 15.0. The number of thiophene rings is 1. The molecule has 4 rings (SSSR count). The van der Waals surface area contributed by atoms with Gasteiger partial charge in [0.15, 0.2) is 0 Å². The van der Waals surface area contributed by atoms with Gasteiger partial charge in [0.05, 0.1) is 10.7 Å². The number of aryl methyl sites for hydroxylation is 1. The van der Waals surface area contributed by atoms with Gasteiger partial charge in [0, 0.05) is 36.3 Å². The van der Waals surface area contributed by atoms with Gasteiger partial charge in [-0.2, -0.15) is 0 Å². The second-order valence-electron chi connectivity index (χ2n) is 6.48. The molecule has 1 fully saturated rings. The Morgan fingerprint density at radius 3 is 2.58 bits per heavy atom. The molecule has 3 aromatic rings. The predicted octanol–water partition coefficient (Wildman–Crippen LogP) is 4.96. The highest BCUT2D eigenvalue weighted by Gasteiger charge is 2.26.